The van der Waals surface area contributed by atoms with Crippen molar-refractivity contribution in [2.45, 2.75) is 17.7 Å². The summed E-state index contributed by atoms with van der Waals surface area (Å²) in [5.74, 6) is -1.19. The van der Waals surface area contributed by atoms with E-state index in [0.29, 0.717) is 11.3 Å². The van der Waals surface area contributed by atoms with Crippen molar-refractivity contribution in [1.82, 2.24) is 4.90 Å². The molecule has 0 aliphatic heterocycles. The first-order valence-electron chi connectivity index (χ1n) is 8.35. The lowest BCUT2D eigenvalue weighted by Crippen LogP contribution is -2.35. The van der Waals surface area contributed by atoms with Gasteiger partial charge < -0.3 is 10.2 Å². The number of ketones is 1. The van der Waals surface area contributed by atoms with E-state index in [4.69, 9.17) is 0 Å². The minimum absolute atomic E-state index is 0.0312. The summed E-state index contributed by atoms with van der Waals surface area (Å²) in [6, 6.07) is 12.6. The Hall–Kier alpha value is -2.67. The fraction of sp³-hybridized carbons (Fsp3) is 0.250. The summed E-state index contributed by atoms with van der Waals surface area (Å²) in [4.78, 5) is 38.6. The summed E-state index contributed by atoms with van der Waals surface area (Å²) >= 11 is 1.59. The van der Waals surface area contributed by atoms with E-state index in [-0.39, 0.29) is 31.1 Å². The van der Waals surface area contributed by atoms with Crippen LogP contribution >= 0.6 is 11.8 Å². The van der Waals surface area contributed by atoms with Gasteiger partial charge in [0.25, 0.3) is 0 Å². The Morgan fingerprint density at radius 3 is 2.22 bits per heavy atom. The second-order valence-electron chi connectivity index (χ2n) is 5.96. The highest BCUT2D eigenvalue weighted by molar-refractivity contribution is 7.98. The van der Waals surface area contributed by atoms with Crippen LogP contribution in [0.3, 0.4) is 0 Å². The molecule has 0 fully saturated rings. The Kier molecular flexibility index (Phi) is 7.55. The van der Waals surface area contributed by atoms with E-state index in [1.807, 2.05) is 18.4 Å². The summed E-state index contributed by atoms with van der Waals surface area (Å²) in [5, 5.41) is 2.59. The Balaban J connectivity index is 1.79. The minimum Gasteiger partial charge on any atom is -0.336 e. The molecule has 1 N–H and O–H groups in total. The van der Waals surface area contributed by atoms with Gasteiger partial charge in [0.2, 0.25) is 11.8 Å². The smallest absolute Gasteiger partial charge is 0.243 e. The van der Waals surface area contributed by atoms with Gasteiger partial charge in [0, 0.05) is 36.0 Å². The van der Waals surface area contributed by atoms with E-state index < -0.39 is 11.7 Å². The van der Waals surface area contributed by atoms with Crippen molar-refractivity contribution in [3.63, 3.8) is 0 Å². The second kappa shape index (κ2) is 9.87. The fourth-order valence-electron chi connectivity index (χ4n) is 2.37. The SMILES string of the molecule is CSc1ccc(C(=O)CCC(=O)N(C)CC(=O)Nc2ccc(F)cc2)cc1. The first-order valence-corrected chi connectivity index (χ1v) is 9.58. The minimum atomic E-state index is -0.395. The number of Topliss-reactive ketones (excluding diaryl/α,β-unsaturated/α-hetero) is 1. The molecular formula is C20H21FN2O3S. The number of nitrogens with one attached hydrogen (secondary N) is 1. The van der Waals surface area contributed by atoms with Gasteiger partial charge in [0.1, 0.15) is 5.82 Å². The summed E-state index contributed by atoms with van der Waals surface area (Å²) in [7, 11) is 1.50. The van der Waals surface area contributed by atoms with Crippen LogP contribution < -0.4 is 5.32 Å². The van der Waals surface area contributed by atoms with Gasteiger partial charge in [0.15, 0.2) is 5.78 Å². The lowest BCUT2D eigenvalue weighted by atomic mass is 10.1. The topological polar surface area (TPSA) is 66.5 Å². The van der Waals surface area contributed by atoms with Crippen LogP contribution in [0.2, 0.25) is 0 Å². The summed E-state index contributed by atoms with van der Waals surface area (Å²) in [6.07, 6.45) is 2.07. The number of hydrogen-bond donors (Lipinski definition) is 1. The monoisotopic (exact) mass is 388 g/mol. The third-order valence-corrected chi connectivity index (χ3v) is 4.66. The van der Waals surface area contributed by atoms with Gasteiger partial charge in [0.05, 0.1) is 6.54 Å². The zero-order valence-electron chi connectivity index (χ0n) is 15.2. The van der Waals surface area contributed by atoms with Crippen LogP contribution in [-0.4, -0.2) is 42.3 Å². The van der Waals surface area contributed by atoms with Gasteiger partial charge in [-0.3, -0.25) is 14.4 Å². The maximum Gasteiger partial charge on any atom is 0.243 e. The molecule has 0 spiro atoms. The molecule has 0 atom stereocenters. The van der Waals surface area contributed by atoms with Gasteiger partial charge in [-0.05, 0) is 42.7 Å². The molecule has 2 aromatic rings. The normalized spacial score (nSPS) is 10.3. The van der Waals surface area contributed by atoms with Crippen LogP contribution in [0, 0.1) is 5.82 Å². The number of anilines is 1. The highest BCUT2D eigenvalue weighted by Crippen LogP contribution is 2.16. The summed E-state index contributed by atoms with van der Waals surface area (Å²) in [6.45, 7) is -0.146. The lowest BCUT2D eigenvalue weighted by Gasteiger charge is -2.16. The Bertz CT molecular complexity index is 807. The molecule has 0 unspecified atom stereocenters. The predicted molar refractivity (Wildman–Crippen MR) is 104 cm³/mol. The van der Waals surface area contributed by atoms with Crippen LogP contribution in [-0.2, 0) is 9.59 Å². The van der Waals surface area contributed by atoms with E-state index in [2.05, 4.69) is 5.32 Å². The fourth-order valence-corrected chi connectivity index (χ4v) is 2.78. The van der Waals surface area contributed by atoms with Crippen molar-refractivity contribution in [1.29, 1.82) is 0 Å². The number of hydrogen-bond acceptors (Lipinski definition) is 4. The first kappa shape index (κ1) is 20.6. The molecule has 0 radical (unpaired) electrons. The molecule has 0 saturated carbocycles. The van der Waals surface area contributed by atoms with Crippen molar-refractivity contribution < 1.29 is 18.8 Å². The highest BCUT2D eigenvalue weighted by atomic mass is 32.2. The number of rotatable bonds is 8. The molecule has 0 aromatic heterocycles. The van der Waals surface area contributed by atoms with Gasteiger partial charge in [-0.25, -0.2) is 4.39 Å². The van der Waals surface area contributed by atoms with Crippen LogP contribution in [0.25, 0.3) is 0 Å². The summed E-state index contributed by atoms with van der Waals surface area (Å²) in [5.41, 5.74) is 1.02. The third-order valence-electron chi connectivity index (χ3n) is 3.91. The average molecular weight is 388 g/mol. The van der Waals surface area contributed by atoms with E-state index in [1.165, 1.54) is 36.2 Å². The quantitative estimate of drug-likeness (QED) is 0.554. The molecule has 2 aromatic carbocycles. The van der Waals surface area contributed by atoms with Crippen LogP contribution in [0.5, 0.6) is 0 Å². The second-order valence-corrected chi connectivity index (χ2v) is 6.84. The molecule has 0 bridgehead atoms. The number of carbonyl (C=O) groups excluding carboxylic acids is 3. The number of nitrogens with zero attached hydrogens (tertiary/aromatic N) is 1. The molecule has 0 aliphatic rings. The van der Waals surface area contributed by atoms with Crippen molar-refractivity contribution in [3.8, 4) is 0 Å². The number of likely N-dealkylation sites (N-methyl/N-ethyl adjacent to an activating group) is 1. The largest absolute Gasteiger partial charge is 0.336 e. The van der Waals surface area contributed by atoms with Crippen LogP contribution in [0.1, 0.15) is 23.2 Å². The van der Waals surface area contributed by atoms with Crippen LogP contribution in [0.4, 0.5) is 10.1 Å². The number of benzene rings is 2. The maximum absolute atomic E-state index is 12.9. The van der Waals surface area contributed by atoms with Gasteiger partial charge >= 0.3 is 0 Å². The number of thioether (sulfide) groups is 1. The molecule has 0 aliphatic carbocycles. The van der Waals surface area contributed by atoms with Gasteiger partial charge in [-0.1, -0.05) is 12.1 Å². The molecule has 2 amide bonds. The Labute approximate surface area is 161 Å². The molecule has 27 heavy (non-hydrogen) atoms. The zero-order valence-corrected chi connectivity index (χ0v) is 16.0. The molecular weight excluding hydrogens is 367 g/mol. The Morgan fingerprint density at radius 1 is 1.00 bits per heavy atom. The average Bonchev–Trinajstić information content (AvgIpc) is 2.67. The van der Waals surface area contributed by atoms with Crippen LogP contribution in [0.15, 0.2) is 53.4 Å². The number of amides is 2. The van der Waals surface area contributed by atoms with E-state index >= 15 is 0 Å². The molecule has 0 heterocycles. The maximum atomic E-state index is 12.9. The molecule has 2 rings (SSSR count). The van der Waals surface area contributed by atoms with E-state index in [0.717, 1.165) is 4.90 Å². The van der Waals surface area contributed by atoms with Gasteiger partial charge in [-0.15, -0.1) is 11.8 Å². The predicted octanol–water partition coefficient (Wildman–Crippen LogP) is 3.61. The lowest BCUT2D eigenvalue weighted by molar-refractivity contribution is -0.133. The molecule has 7 heteroatoms. The van der Waals surface area contributed by atoms with E-state index in [9.17, 15) is 18.8 Å². The van der Waals surface area contributed by atoms with Crippen molar-refractivity contribution in [2.24, 2.45) is 0 Å². The van der Waals surface area contributed by atoms with Crippen molar-refractivity contribution in [2.75, 3.05) is 25.2 Å². The third kappa shape index (κ3) is 6.53. The molecule has 5 nitrogen and oxygen atoms in total. The standard InChI is InChI=1S/C20H21FN2O3S/c1-23(13-19(25)22-16-7-5-15(21)6-8-16)20(26)12-11-18(24)14-3-9-17(27-2)10-4-14/h3-10H,11-13H2,1-2H3,(H,22,25). The van der Waals surface area contributed by atoms with Crippen molar-refractivity contribution >= 4 is 35.0 Å². The number of halogens is 1. The highest BCUT2D eigenvalue weighted by Gasteiger charge is 2.15. The van der Waals surface area contributed by atoms with E-state index in [1.54, 1.807) is 23.9 Å². The summed E-state index contributed by atoms with van der Waals surface area (Å²) < 4.78 is 12.9. The van der Waals surface area contributed by atoms with Gasteiger partial charge in [-0.2, -0.15) is 0 Å². The van der Waals surface area contributed by atoms with Crippen molar-refractivity contribution in [3.05, 3.63) is 59.9 Å². The molecule has 142 valence electrons. The Morgan fingerprint density at radius 2 is 1.63 bits per heavy atom. The molecule has 0 saturated heterocycles. The zero-order chi connectivity index (χ0) is 19.8. The number of carbonyl (C=O) groups is 3. The first-order chi connectivity index (χ1) is 12.9.